The lowest BCUT2D eigenvalue weighted by atomic mass is 10.1. The monoisotopic (exact) mass is 341 g/mol. The van der Waals surface area contributed by atoms with Crippen LogP contribution in [0.2, 0.25) is 0 Å². The Hall–Kier alpha value is -1.84. The van der Waals surface area contributed by atoms with Crippen LogP contribution in [0.15, 0.2) is 0 Å². The van der Waals surface area contributed by atoms with Crippen molar-refractivity contribution in [3.05, 3.63) is 0 Å². The minimum absolute atomic E-state index is 0.0611. The van der Waals surface area contributed by atoms with E-state index in [1.54, 1.807) is 0 Å². The van der Waals surface area contributed by atoms with E-state index in [4.69, 9.17) is 15.2 Å². The third kappa shape index (κ3) is 5.36. The molecule has 0 bridgehead atoms. The molecule has 0 aromatic rings. The summed E-state index contributed by atoms with van der Waals surface area (Å²) in [7, 11) is 0. The van der Waals surface area contributed by atoms with Crippen molar-refractivity contribution < 1.29 is 28.7 Å². The molecule has 2 aliphatic rings. The predicted octanol–water partition coefficient (Wildman–Crippen LogP) is -1.26. The Balaban J connectivity index is 1.66. The van der Waals surface area contributed by atoms with Crippen LogP contribution in [0.4, 0.5) is 0 Å². The standard InChI is InChI=1S/C15H23N3O6/c16-9(13(20)24-15(22)11-4-2-8-18-11)5-6-12(19)23-14(21)10-3-1-7-17-10/h9-11,17-18H,1-8,16H2/t9-,10+,11+/m0/s1. The van der Waals surface area contributed by atoms with Crippen LogP contribution in [0, 0.1) is 0 Å². The Bertz CT molecular complexity index is 497. The van der Waals surface area contributed by atoms with Gasteiger partial charge in [0.2, 0.25) is 0 Å². The van der Waals surface area contributed by atoms with E-state index in [1.165, 1.54) is 0 Å². The second-order valence-corrected chi connectivity index (χ2v) is 5.98. The molecule has 9 heteroatoms. The highest BCUT2D eigenvalue weighted by Crippen LogP contribution is 2.09. The zero-order valence-electron chi connectivity index (χ0n) is 13.4. The molecule has 24 heavy (non-hydrogen) atoms. The maximum Gasteiger partial charge on any atom is 0.330 e. The fraction of sp³-hybridized carbons (Fsp3) is 0.733. The highest BCUT2D eigenvalue weighted by atomic mass is 16.6. The van der Waals surface area contributed by atoms with Gasteiger partial charge >= 0.3 is 23.9 Å². The molecule has 3 atom stereocenters. The summed E-state index contributed by atoms with van der Waals surface area (Å²) < 4.78 is 9.40. The van der Waals surface area contributed by atoms with Gasteiger partial charge in [0.15, 0.2) is 0 Å². The van der Waals surface area contributed by atoms with Crippen LogP contribution in [0.1, 0.15) is 38.5 Å². The summed E-state index contributed by atoms with van der Waals surface area (Å²) in [6, 6.07) is -2.06. The van der Waals surface area contributed by atoms with Crippen molar-refractivity contribution in [1.82, 2.24) is 10.6 Å². The number of nitrogens with one attached hydrogen (secondary N) is 2. The molecule has 2 fully saturated rings. The van der Waals surface area contributed by atoms with Crippen molar-refractivity contribution >= 4 is 23.9 Å². The maximum atomic E-state index is 11.7. The van der Waals surface area contributed by atoms with Crippen LogP contribution in [-0.4, -0.2) is 55.1 Å². The number of carbonyl (C=O) groups excluding carboxylic acids is 4. The molecule has 2 heterocycles. The summed E-state index contributed by atoms with van der Waals surface area (Å²) in [6.45, 7) is 1.42. The first kappa shape index (κ1) is 18.5. The molecule has 0 saturated carbocycles. The highest BCUT2D eigenvalue weighted by molar-refractivity contribution is 5.91. The number of carbonyl (C=O) groups is 4. The Labute approximate surface area is 139 Å². The third-order valence-corrected chi connectivity index (χ3v) is 4.07. The first-order chi connectivity index (χ1) is 11.5. The summed E-state index contributed by atoms with van der Waals surface area (Å²) in [5.74, 6) is -2.90. The molecule has 0 aromatic heterocycles. The quantitative estimate of drug-likeness (QED) is 0.399. The SMILES string of the molecule is N[C@@H](CCC(=O)OC(=O)[C@H]1CCCN1)C(=O)OC(=O)[C@H]1CCCN1. The van der Waals surface area contributed by atoms with Crippen LogP contribution in [0.25, 0.3) is 0 Å². The Morgan fingerprint density at radius 1 is 0.958 bits per heavy atom. The van der Waals surface area contributed by atoms with Crippen LogP contribution in [-0.2, 0) is 28.7 Å². The summed E-state index contributed by atoms with van der Waals surface area (Å²) in [5.41, 5.74) is 5.61. The molecule has 0 spiro atoms. The lowest BCUT2D eigenvalue weighted by molar-refractivity contribution is -0.162. The Kier molecular flexibility index (Phi) is 6.83. The van der Waals surface area contributed by atoms with E-state index in [1.807, 2.05) is 0 Å². The third-order valence-electron chi connectivity index (χ3n) is 4.07. The van der Waals surface area contributed by atoms with E-state index in [0.29, 0.717) is 25.9 Å². The predicted molar refractivity (Wildman–Crippen MR) is 81.5 cm³/mol. The van der Waals surface area contributed by atoms with Gasteiger partial charge in [-0.25, -0.2) is 14.4 Å². The minimum atomic E-state index is -1.12. The van der Waals surface area contributed by atoms with Crippen LogP contribution < -0.4 is 16.4 Å². The topological polar surface area (TPSA) is 137 Å². The molecular weight excluding hydrogens is 318 g/mol. The van der Waals surface area contributed by atoms with Crippen LogP contribution >= 0.6 is 0 Å². The molecule has 9 nitrogen and oxygen atoms in total. The summed E-state index contributed by atoms with van der Waals surface area (Å²) >= 11 is 0. The molecule has 134 valence electrons. The van der Waals surface area contributed by atoms with Crippen molar-refractivity contribution in [3.8, 4) is 0 Å². The molecule has 0 aliphatic carbocycles. The van der Waals surface area contributed by atoms with Crippen molar-refractivity contribution in [2.45, 2.75) is 56.7 Å². The van der Waals surface area contributed by atoms with E-state index in [2.05, 4.69) is 10.6 Å². The van der Waals surface area contributed by atoms with Gasteiger partial charge in [-0.3, -0.25) is 4.79 Å². The normalized spacial score (nSPS) is 24.4. The number of rotatable bonds is 6. The second kappa shape index (κ2) is 8.86. The highest BCUT2D eigenvalue weighted by Gasteiger charge is 2.29. The summed E-state index contributed by atoms with van der Waals surface area (Å²) in [6.07, 6.45) is 2.68. The maximum absolute atomic E-state index is 11.7. The number of hydrogen-bond donors (Lipinski definition) is 3. The van der Waals surface area contributed by atoms with Crippen molar-refractivity contribution in [2.75, 3.05) is 13.1 Å². The number of ether oxygens (including phenoxy) is 2. The van der Waals surface area contributed by atoms with E-state index in [-0.39, 0.29) is 12.8 Å². The number of nitrogens with two attached hydrogens (primary N) is 1. The molecule has 2 aliphatic heterocycles. The average Bonchev–Trinajstić information content (AvgIpc) is 3.24. The van der Waals surface area contributed by atoms with Gasteiger partial charge in [0.1, 0.15) is 18.1 Å². The summed E-state index contributed by atoms with van der Waals surface area (Å²) in [4.78, 5) is 46.7. The minimum Gasteiger partial charge on any atom is -0.392 e. The molecule has 2 rings (SSSR count). The molecule has 0 unspecified atom stereocenters. The van der Waals surface area contributed by atoms with Gasteiger partial charge in [0.05, 0.1) is 0 Å². The van der Waals surface area contributed by atoms with Gasteiger partial charge in [-0.1, -0.05) is 0 Å². The van der Waals surface area contributed by atoms with Crippen LogP contribution in [0.5, 0.6) is 0 Å². The van der Waals surface area contributed by atoms with E-state index < -0.39 is 42.0 Å². The zero-order chi connectivity index (χ0) is 17.5. The van der Waals surface area contributed by atoms with Gasteiger partial charge in [-0.15, -0.1) is 0 Å². The zero-order valence-corrected chi connectivity index (χ0v) is 13.4. The van der Waals surface area contributed by atoms with Gasteiger partial charge in [-0.05, 0) is 45.2 Å². The molecule has 2 saturated heterocycles. The number of esters is 4. The first-order valence-corrected chi connectivity index (χ1v) is 8.20. The molecule has 0 aromatic carbocycles. The van der Waals surface area contributed by atoms with Gasteiger partial charge in [0.25, 0.3) is 0 Å². The van der Waals surface area contributed by atoms with E-state index in [9.17, 15) is 19.2 Å². The molecule has 4 N–H and O–H groups in total. The fourth-order valence-electron chi connectivity index (χ4n) is 2.64. The molecule has 0 radical (unpaired) electrons. The lowest BCUT2D eigenvalue weighted by Crippen LogP contribution is -2.40. The largest absolute Gasteiger partial charge is 0.392 e. The van der Waals surface area contributed by atoms with Crippen LogP contribution in [0.3, 0.4) is 0 Å². The Morgan fingerprint density at radius 2 is 1.50 bits per heavy atom. The van der Waals surface area contributed by atoms with E-state index >= 15 is 0 Å². The Morgan fingerprint density at radius 3 is 2.00 bits per heavy atom. The number of hydrogen-bond acceptors (Lipinski definition) is 9. The fourth-order valence-corrected chi connectivity index (χ4v) is 2.64. The van der Waals surface area contributed by atoms with Gasteiger partial charge in [0, 0.05) is 6.42 Å². The van der Waals surface area contributed by atoms with Crippen molar-refractivity contribution in [2.24, 2.45) is 5.73 Å². The van der Waals surface area contributed by atoms with Gasteiger partial charge < -0.3 is 25.8 Å². The molecule has 0 amide bonds. The van der Waals surface area contributed by atoms with Crippen molar-refractivity contribution in [3.63, 3.8) is 0 Å². The van der Waals surface area contributed by atoms with Crippen molar-refractivity contribution in [1.29, 1.82) is 0 Å². The summed E-state index contributed by atoms with van der Waals surface area (Å²) in [5, 5.41) is 5.84. The average molecular weight is 341 g/mol. The first-order valence-electron chi connectivity index (χ1n) is 8.20. The molecular formula is C15H23N3O6. The van der Waals surface area contributed by atoms with Gasteiger partial charge in [-0.2, -0.15) is 0 Å². The second-order valence-electron chi connectivity index (χ2n) is 5.98. The smallest absolute Gasteiger partial charge is 0.330 e. The van der Waals surface area contributed by atoms with E-state index in [0.717, 1.165) is 12.8 Å². The lowest BCUT2D eigenvalue weighted by Gasteiger charge is -2.13.